The first-order chi connectivity index (χ1) is 14.3. The van der Waals surface area contributed by atoms with E-state index in [4.69, 9.17) is 0 Å². The number of hydrogen-bond donors (Lipinski definition) is 2. The third-order valence-electron chi connectivity index (χ3n) is 4.27. The number of non-ortho nitro benzene ring substituents is 1. The lowest BCUT2D eigenvalue weighted by Gasteiger charge is -2.07. The van der Waals surface area contributed by atoms with E-state index in [9.17, 15) is 19.7 Å². The number of amides is 2. The van der Waals surface area contributed by atoms with Gasteiger partial charge in [0.25, 0.3) is 5.69 Å². The van der Waals surface area contributed by atoms with E-state index in [1.807, 2.05) is 19.1 Å². The van der Waals surface area contributed by atoms with Crippen LogP contribution in [0.5, 0.6) is 0 Å². The second-order valence-electron chi connectivity index (χ2n) is 6.61. The fourth-order valence-corrected chi connectivity index (χ4v) is 3.52. The molecule has 1 aliphatic rings. The number of carbonyl (C=O) groups is 2. The van der Waals surface area contributed by atoms with Gasteiger partial charge in [0.1, 0.15) is 5.25 Å². The van der Waals surface area contributed by atoms with E-state index < -0.39 is 10.2 Å². The van der Waals surface area contributed by atoms with Crippen LogP contribution in [0.4, 0.5) is 11.4 Å². The first-order valence-electron chi connectivity index (χ1n) is 9.03. The number of amidine groups is 1. The molecule has 0 aromatic heterocycles. The van der Waals surface area contributed by atoms with Crippen LogP contribution in [-0.2, 0) is 9.59 Å². The Morgan fingerprint density at radius 3 is 2.50 bits per heavy atom. The SMILES string of the molecule is C/C(=N\N=C1/NC(=O)C(CC(=O)Nc2ccc(C)cc2)S1)c1ccc([N+](=O)[O-])cc1. The van der Waals surface area contributed by atoms with Gasteiger partial charge in [0.05, 0.1) is 10.6 Å². The number of nitrogens with one attached hydrogen (secondary N) is 2. The topological polar surface area (TPSA) is 126 Å². The Labute approximate surface area is 176 Å². The highest BCUT2D eigenvalue weighted by Crippen LogP contribution is 2.23. The molecule has 1 atom stereocenters. The molecule has 2 aromatic rings. The molecule has 0 spiro atoms. The Kier molecular flexibility index (Phi) is 6.58. The molecular weight excluding hydrogens is 406 g/mol. The predicted molar refractivity (Wildman–Crippen MR) is 117 cm³/mol. The first kappa shape index (κ1) is 21.2. The molecule has 1 heterocycles. The summed E-state index contributed by atoms with van der Waals surface area (Å²) < 4.78 is 0. The second kappa shape index (κ2) is 9.31. The van der Waals surface area contributed by atoms with Crippen LogP contribution < -0.4 is 10.6 Å². The van der Waals surface area contributed by atoms with Gasteiger partial charge < -0.3 is 10.6 Å². The van der Waals surface area contributed by atoms with E-state index in [-0.39, 0.29) is 23.9 Å². The lowest BCUT2D eigenvalue weighted by Crippen LogP contribution is -2.28. The van der Waals surface area contributed by atoms with Crippen LogP contribution in [-0.4, -0.2) is 32.9 Å². The maximum atomic E-state index is 12.2. The summed E-state index contributed by atoms with van der Waals surface area (Å²) in [5.41, 5.74) is 2.96. The van der Waals surface area contributed by atoms with E-state index in [0.29, 0.717) is 22.1 Å². The number of rotatable bonds is 6. The maximum absolute atomic E-state index is 12.2. The molecule has 1 fully saturated rings. The van der Waals surface area contributed by atoms with Crippen LogP contribution in [0.25, 0.3) is 0 Å². The van der Waals surface area contributed by atoms with E-state index in [2.05, 4.69) is 20.8 Å². The molecule has 0 bridgehead atoms. The van der Waals surface area contributed by atoms with Gasteiger partial charge in [-0.3, -0.25) is 19.7 Å². The minimum Gasteiger partial charge on any atom is -0.326 e. The first-order valence-corrected chi connectivity index (χ1v) is 9.91. The number of hydrogen-bond acceptors (Lipinski definition) is 7. The summed E-state index contributed by atoms with van der Waals surface area (Å²) >= 11 is 1.14. The zero-order valence-corrected chi connectivity index (χ0v) is 17.1. The van der Waals surface area contributed by atoms with Crippen molar-refractivity contribution < 1.29 is 14.5 Å². The van der Waals surface area contributed by atoms with Crippen molar-refractivity contribution in [2.45, 2.75) is 25.5 Å². The number of thioether (sulfide) groups is 1. The van der Waals surface area contributed by atoms with Gasteiger partial charge >= 0.3 is 0 Å². The average Bonchev–Trinajstić information content (AvgIpc) is 3.07. The summed E-state index contributed by atoms with van der Waals surface area (Å²) in [4.78, 5) is 34.6. The van der Waals surface area contributed by atoms with Crippen LogP contribution in [0, 0.1) is 17.0 Å². The van der Waals surface area contributed by atoms with Gasteiger partial charge in [-0.15, -0.1) is 5.10 Å². The molecule has 154 valence electrons. The van der Waals surface area contributed by atoms with Crippen molar-refractivity contribution in [3.05, 3.63) is 69.8 Å². The highest BCUT2D eigenvalue weighted by Gasteiger charge is 2.32. The normalized spacial score (nSPS) is 17.7. The number of nitro benzene ring substituents is 1. The van der Waals surface area contributed by atoms with Gasteiger partial charge in [-0.25, -0.2) is 0 Å². The summed E-state index contributed by atoms with van der Waals surface area (Å²) in [5, 5.41) is 23.9. The summed E-state index contributed by atoms with van der Waals surface area (Å²) in [6.07, 6.45) is 0.00838. The maximum Gasteiger partial charge on any atom is 0.269 e. The van der Waals surface area contributed by atoms with Crippen LogP contribution in [0.1, 0.15) is 24.5 Å². The molecule has 2 aromatic carbocycles. The highest BCUT2D eigenvalue weighted by molar-refractivity contribution is 8.15. The van der Waals surface area contributed by atoms with Crippen molar-refractivity contribution in [2.24, 2.45) is 10.2 Å². The highest BCUT2D eigenvalue weighted by atomic mass is 32.2. The van der Waals surface area contributed by atoms with Crippen LogP contribution in [0.3, 0.4) is 0 Å². The average molecular weight is 425 g/mol. The van der Waals surface area contributed by atoms with Crippen molar-refractivity contribution in [3.8, 4) is 0 Å². The van der Waals surface area contributed by atoms with Gasteiger partial charge in [0.2, 0.25) is 11.8 Å². The van der Waals surface area contributed by atoms with Gasteiger partial charge in [-0.1, -0.05) is 29.5 Å². The van der Waals surface area contributed by atoms with E-state index in [1.54, 1.807) is 31.2 Å². The molecule has 0 aliphatic carbocycles. The Morgan fingerprint density at radius 2 is 1.87 bits per heavy atom. The number of aryl methyl sites for hydroxylation is 1. The summed E-state index contributed by atoms with van der Waals surface area (Å²) in [6, 6.07) is 13.3. The molecule has 2 N–H and O–H groups in total. The Morgan fingerprint density at radius 1 is 1.20 bits per heavy atom. The van der Waals surface area contributed by atoms with Crippen molar-refractivity contribution in [1.82, 2.24) is 5.32 Å². The molecule has 3 rings (SSSR count). The van der Waals surface area contributed by atoms with Crippen molar-refractivity contribution in [2.75, 3.05) is 5.32 Å². The lowest BCUT2D eigenvalue weighted by molar-refractivity contribution is -0.384. The van der Waals surface area contributed by atoms with Gasteiger partial charge in [-0.05, 0) is 43.7 Å². The Balaban J connectivity index is 1.59. The second-order valence-corrected chi connectivity index (χ2v) is 7.80. The monoisotopic (exact) mass is 425 g/mol. The Bertz CT molecular complexity index is 1030. The fourth-order valence-electron chi connectivity index (χ4n) is 2.61. The molecule has 1 unspecified atom stereocenters. The number of benzene rings is 2. The van der Waals surface area contributed by atoms with Gasteiger partial charge in [0, 0.05) is 24.2 Å². The van der Waals surface area contributed by atoms with E-state index in [0.717, 1.165) is 17.3 Å². The van der Waals surface area contributed by atoms with Gasteiger partial charge in [-0.2, -0.15) is 5.10 Å². The van der Waals surface area contributed by atoms with E-state index in [1.165, 1.54) is 12.1 Å². The Hall–Kier alpha value is -3.53. The van der Waals surface area contributed by atoms with E-state index >= 15 is 0 Å². The smallest absolute Gasteiger partial charge is 0.269 e. The number of nitro groups is 1. The third kappa shape index (κ3) is 5.51. The molecular formula is C20H19N5O4S. The summed E-state index contributed by atoms with van der Waals surface area (Å²) in [5.74, 6) is -0.570. The standard InChI is InChI=1S/C20H19N5O4S/c1-12-3-7-15(8-4-12)21-18(26)11-17-19(27)22-20(30-17)24-23-13(2)14-5-9-16(10-6-14)25(28)29/h3-10,17H,11H2,1-2H3,(H,21,26)(H,22,24,27)/b23-13+. The molecule has 1 saturated heterocycles. The predicted octanol–water partition coefficient (Wildman–Crippen LogP) is 3.24. The third-order valence-corrected chi connectivity index (χ3v) is 5.34. The molecule has 30 heavy (non-hydrogen) atoms. The molecule has 2 amide bonds. The van der Waals surface area contributed by atoms with Crippen molar-refractivity contribution in [3.63, 3.8) is 0 Å². The van der Waals surface area contributed by atoms with Crippen LogP contribution in [0.2, 0.25) is 0 Å². The zero-order valence-electron chi connectivity index (χ0n) is 16.3. The quantitative estimate of drug-likeness (QED) is 0.417. The molecule has 10 heteroatoms. The molecule has 9 nitrogen and oxygen atoms in total. The molecule has 1 aliphatic heterocycles. The van der Waals surface area contributed by atoms with Crippen LogP contribution >= 0.6 is 11.8 Å². The summed E-state index contributed by atoms with van der Waals surface area (Å²) in [6.45, 7) is 3.66. The lowest BCUT2D eigenvalue weighted by atomic mass is 10.1. The number of nitrogens with zero attached hydrogens (tertiary/aromatic N) is 3. The minimum atomic E-state index is -0.593. The van der Waals surface area contributed by atoms with Crippen molar-refractivity contribution >= 4 is 45.8 Å². The van der Waals surface area contributed by atoms with Crippen molar-refractivity contribution in [1.29, 1.82) is 0 Å². The minimum absolute atomic E-state index is 0.00838. The van der Waals surface area contributed by atoms with Crippen LogP contribution in [0.15, 0.2) is 58.7 Å². The number of anilines is 1. The molecule has 0 saturated carbocycles. The summed E-state index contributed by atoms with van der Waals surface area (Å²) in [7, 11) is 0. The molecule has 0 radical (unpaired) electrons. The largest absolute Gasteiger partial charge is 0.326 e. The zero-order chi connectivity index (χ0) is 21.7. The number of carbonyl (C=O) groups excluding carboxylic acids is 2. The van der Waals surface area contributed by atoms with Gasteiger partial charge in [0.15, 0.2) is 5.17 Å². The fraction of sp³-hybridized carbons (Fsp3) is 0.200.